The molecule has 0 heterocycles. The summed E-state index contributed by atoms with van der Waals surface area (Å²) in [6.45, 7) is -0.0793. The number of ether oxygens (including phenoxy) is 1. The van der Waals surface area contributed by atoms with Gasteiger partial charge in [0, 0.05) is 28.2 Å². The van der Waals surface area contributed by atoms with E-state index in [9.17, 15) is 18.0 Å². The number of benzene rings is 1. The number of carbonyl (C=O) groups is 1. The molecule has 0 aromatic heterocycles. The van der Waals surface area contributed by atoms with Crippen LogP contribution < -0.4 is 5.32 Å². The van der Waals surface area contributed by atoms with Gasteiger partial charge in [-0.1, -0.05) is 12.0 Å². The van der Waals surface area contributed by atoms with E-state index in [-0.39, 0.29) is 12.2 Å². The minimum atomic E-state index is -4.54. The molecule has 0 radical (unpaired) electrons. The summed E-state index contributed by atoms with van der Waals surface area (Å²) in [5.74, 6) is 1.68. The highest BCUT2D eigenvalue weighted by atomic mass is 127. The third-order valence-electron chi connectivity index (χ3n) is 2.22. The lowest BCUT2D eigenvalue weighted by Crippen LogP contribution is -2.36. The van der Waals surface area contributed by atoms with Gasteiger partial charge in [-0.2, -0.15) is 18.4 Å². The highest BCUT2D eigenvalue weighted by Gasteiger charge is 2.31. The molecule has 1 aromatic carbocycles. The molecule has 1 atom stereocenters. The van der Waals surface area contributed by atoms with Gasteiger partial charge in [-0.15, -0.1) is 0 Å². The van der Waals surface area contributed by atoms with Crippen LogP contribution in [0.25, 0.3) is 0 Å². The molecule has 21 heavy (non-hydrogen) atoms. The zero-order valence-corrected chi connectivity index (χ0v) is 12.5. The van der Waals surface area contributed by atoms with Crippen molar-refractivity contribution in [3.05, 3.63) is 35.4 Å². The quantitative estimate of drug-likeness (QED) is 0.474. The van der Waals surface area contributed by atoms with Crippen LogP contribution in [0.1, 0.15) is 15.9 Å². The Morgan fingerprint density at radius 3 is 2.76 bits per heavy atom. The standard InChI is InChI=1S/C13H8F3IN2O2/c14-13(15,16)10-4-1-3-9(7-10)12(20)19-11(8-18)21-6-2-5-17/h1,3-4,7,11H,6H2,(H,19,20). The van der Waals surface area contributed by atoms with E-state index in [2.05, 4.69) is 15.2 Å². The van der Waals surface area contributed by atoms with Crippen LogP contribution in [-0.4, -0.2) is 18.7 Å². The molecule has 8 heteroatoms. The molecule has 0 saturated carbocycles. The molecule has 0 bridgehead atoms. The van der Waals surface area contributed by atoms with Crippen molar-refractivity contribution in [1.29, 1.82) is 5.26 Å². The molecule has 1 unspecified atom stereocenters. The molecule has 4 nitrogen and oxygen atoms in total. The average Bonchev–Trinajstić information content (AvgIpc) is 2.45. The van der Waals surface area contributed by atoms with Crippen molar-refractivity contribution in [2.75, 3.05) is 6.61 Å². The summed E-state index contributed by atoms with van der Waals surface area (Å²) in [7, 11) is 0. The van der Waals surface area contributed by atoms with Gasteiger partial charge in [-0.25, -0.2) is 0 Å². The van der Waals surface area contributed by atoms with Gasteiger partial charge in [0.1, 0.15) is 12.7 Å². The topological polar surface area (TPSA) is 62.1 Å². The maximum atomic E-state index is 12.5. The molecule has 0 saturated heterocycles. The smallest absolute Gasteiger partial charge is 0.332 e. The minimum absolute atomic E-state index is 0.0793. The van der Waals surface area contributed by atoms with Gasteiger partial charge in [0.25, 0.3) is 5.91 Å². The first-order valence-corrected chi connectivity index (χ1v) is 6.54. The Bertz CT molecular complexity index is 614. The van der Waals surface area contributed by atoms with Crippen LogP contribution in [0.15, 0.2) is 24.3 Å². The minimum Gasteiger partial charge on any atom is -0.332 e. The number of carbonyl (C=O) groups excluding carboxylic acids is 1. The second-order valence-electron chi connectivity index (χ2n) is 3.64. The summed E-state index contributed by atoms with van der Waals surface area (Å²) < 4.78 is 45.1. The summed E-state index contributed by atoms with van der Waals surface area (Å²) in [5, 5.41) is 10.9. The molecule has 110 valence electrons. The van der Waals surface area contributed by atoms with E-state index in [1.807, 2.05) is 0 Å². The summed E-state index contributed by atoms with van der Waals surface area (Å²) in [6, 6.07) is 5.54. The van der Waals surface area contributed by atoms with Crippen molar-refractivity contribution in [2.45, 2.75) is 12.4 Å². The fourth-order valence-corrected chi connectivity index (χ4v) is 1.46. The Kier molecular flexibility index (Phi) is 6.46. The van der Waals surface area contributed by atoms with Gasteiger partial charge in [0.05, 0.1) is 5.56 Å². The second kappa shape index (κ2) is 7.86. The van der Waals surface area contributed by atoms with Crippen LogP contribution in [0, 0.1) is 21.2 Å². The fourth-order valence-electron chi connectivity index (χ4n) is 1.30. The first-order chi connectivity index (χ1) is 9.88. The molecule has 1 amide bonds. The van der Waals surface area contributed by atoms with Gasteiger partial charge >= 0.3 is 6.18 Å². The van der Waals surface area contributed by atoms with E-state index in [4.69, 9.17) is 10.00 Å². The highest BCUT2D eigenvalue weighted by Crippen LogP contribution is 2.29. The van der Waals surface area contributed by atoms with Gasteiger partial charge in [-0.3, -0.25) is 4.79 Å². The van der Waals surface area contributed by atoms with E-state index in [0.717, 1.165) is 12.1 Å². The lowest BCUT2D eigenvalue weighted by Gasteiger charge is -2.12. The first kappa shape index (κ1) is 17.3. The number of hydrogen-bond donors (Lipinski definition) is 1. The average molecular weight is 408 g/mol. The van der Waals surface area contributed by atoms with Crippen molar-refractivity contribution in [2.24, 2.45) is 0 Å². The van der Waals surface area contributed by atoms with Crippen LogP contribution in [-0.2, 0) is 10.9 Å². The van der Waals surface area contributed by atoms with Gasteiger partial charge in [-0.05, 0) is 22.1 Å². The van der Waals surface area contributed by atoms with Crippen molar-refractivity contribution in [3.63, 3.8) is 0 Å². The molecule has 1 aromatic rings. The SMILES string of the molecule is N#CC(NC(=O)c1cccc(C(F)(F)F)c1)OCC#CI. The number of amides is 1. The van der Waals surface area contributed by atoms with E-state index < -0.39 is 23.9 Å². The Morgan fingerprint density at radius 2 is 2.19 bits per heavy atom. The van der Waals surface area contributed by atoms with E-state index in [1.165, 1.54) is 6.07 Å². The summed E-state index contributed by atoms with van der Waals surface area (Å²) in [6.07, 6.45) is -5.83. The number of alkyl halides is 3. The number of rotatable bonds is 4. The largest absolute Gasteiger partial charge is 0.416 e. The van der Waals surface area contributed by atoms with Gasteiger partial charge in [0.2, 0.25) is 6.23 Å². The second-order valence-corrected chi connectivity index (χ2v) is 4.18. The molecular formula is C13H8F3IN2O2. The lowest BCUT2D eigenvalue weighted by atomic mass is 10.1. The number of hydrogen-bond acceptors (Lipinski definition) is 3. The molecule has 0 spiro atoms. The fraction of sp³-hybridized carbons (Fsp3) is 0.231. The zero-order chi connectivity index (χ0) is 15.9. The first-order valence-electron chi connectivity index (χ1n) is 5.46. The molecule has 0 fully saturated rings. The summed E-state index contributed by atoms with van der Waals surface area (Å²) in [5.41, 5.74) is -1.16. The number of halogens is 4. The van der Waals surface area contributed by atoms with Gasteiger partial charge in [0.15, 0.2) is 0 Å². The van der Waals surface area contributed by atoms with Crippen LogP contribution in [0.4, 0.5) is 13.2 Å². The number of nitriles is 1. The molecule has 1 rings (SSSR count). The highest BCUT2D eigenvalue weighted by molar-refractivity contribution is 14.1. The van der Waals surface area contributed by atoms with Crippen molar-refractivity contribution in [1.82, 2.24) is 5.32 Å². The molecule has 0 aliphatic heterocycles. The Labute approximate surface area is 132 Å². The van der Waals surface area contributed by atoms with E-state index >= 15 is 0 Å². The van der Waals surface area contributed by atoms with Crippen molar-refractivity contribution >= 4 is 28.5 Å². The normalized spacial score (nSPS) is 11.8. The molecule has 0 aliphatic carbocycles. The van der Waals surface area contributed by atoms with Crippen molar-refractivity contribution in [3.8, 4) is 15.9 Å². The van der Waals surface area contributed by atoms with Crippen LogP contribution >= 0.6 is 22.6 Å². The third-order valence-corrected chi connectivity index (χ3v) is 2.60. The predicted octanol–water partition coefficient (Wildman–Crippen LogP) is 2.70. The van der Waals surface area contributed by atoms with Crippen LogP contribution in [0.3, 0.4) is 0 Å². The third kappa shape index (κ3) is 5.61. The molecular weight excluding hydrogens is 400 g/mol. The molecule has 0 aliphatic rings. The Hall–Kier alpha value is -1.78. The Morgan fingerprint density at radius 1 is 1.48 bits per heavy atom. The van der Waals surface area contributed by atoms with E-state index in [1.54, 1.807) is 28.7 Å². The number of nitrogens with one attached hydrogen (secondary N) is 1. The summed E-state index contributed by atoms with van der Waals surface area (Å²) in [4.78, 5) is 11.8. The number of nitrogens with zero attached hydrogens (tertiary/aromatic N) is 1. The maximum absolute atomic E-state index is 12.5. The monoisotopic (exact) mass is 408 g/mol. The Balaban J connectivity index is 2.79. The molecule has 1 N–H and O–H groups in total. The van der Waals surface area contributed by atoms with Crippen molar-refractivity contribution < 1.29 is 22.7 Å². The van der Waals surface area contributed by atoms with Gasteiger partial charge < -0.3 is 10.1 Å². The lowest BCUT2D eigenvalue weighted by molar-refractivity contribution is -0.137. The summed E-state index contributed by atoms with van der Waals surface area (Å²) >= 11 is 1.77. The van der Waals surface area contributed by atoms with Crippen LogP contribution in [0.2, 0.25) is 0 Å². The van der Waals surface area contributed by atoms with E-state index in [0.29, 0.717) is 6.07 Å². The zero-order valence-electron chi connectivity index (χ0n) is 10.4. The van der Waals surface area contributed by atoms with Crippen LogP contribution in [0.5, 0.6) is 0 Å². The predicted molar refractivity (Wildman–Crippen MR) is 76.1 cm³/mol. The maximum Gasteiger partial charge on any atom is 0.416 e.